The predicted molar refractivity (Wildman–Crippen MR) is 77.2 cm³/mol. The van der Waals surface area contributed by atoms with Crippen molar-refractivity contribution >= 4 is 43.3 Å². The number of hydrogen-bond acceptors (Lipinski definition) is 5. The summed E-state index contributed by atoms with van der Waals surface area (Å²) in [4.78, 5) is 14.7. The molecule has 2 rings (SSSR count). The van der Waals surface area contributed by atoms with Gasteiger partial charge in [-0.1, -0.05) is 0 Å². The molecular weight excluding hydrogens is 368 g/mol. The Balaban J connectivity index is 2.15. The van der Waals surface area contributed by atoms with Gasteiger partial charge in [0.2, 0.25) is 0 Å². The van der Waals surface area contributed by atoms with Crippen LogP contribution in [0.2, 0.25) is 0 Å². The van der Waals surface area contributed by atoms with Crippen molar-refractivity contribution in [1.29, 1.82) is 0 Å². The molecule has 9 heteroatoms. The fourth-order valence-electron chi connectivity index (χ4n) is 1.41. The first-order valence-corrected chi connectivity index (χ1v) is 8.46. The minimum atomic E-state index is -3.64. The summed E-state index contributed by atoms with van der Waals surface area (Å²) in [5.41, 5.74) is 0.396. The number of carboxylic acid groups (broad SMARTS) is 1. The zero-order valence-corrected chi connectivity index (χ0v) is 13.1. The molecule has 106 valence electrons. The van der Waals surface area contributed by atoms with Gasteiger partial charge in [-0.05, 0) is 39.5 Å². The van der Waals surface area contributed by atoms with E-state index in [4.69, 9.17) is 5.11 Å². The number of sulfonamides is 1. The number of pyridine rings is 1. The van der Waals surface area contributed by atoms with Gasteiger partial charge < -0.3 is 5.11 Å². The largest absolute Gasteiger partial charge is 0.478 e. The zero-order chi connectivity index (χ0) is 14.8. The van der Waals surface area contributed by atoms with Gasteiger partial charge in [0.15, 0.2) is 0 Å². The summed E-state index contributed by atoms with van der Waals surface area (Å²) in [6.45, 7) is -0.0756. The number of nitrogens with zero attached hydrogens (tertiary/aromatic N) is 1. The molecule has 0 bridgehead atoms. The van der Waals surface area contributed by atoms with Crippen molar-refractivity contribution in [3.63, 3.8) is 0 Å². The zero-order valence-electron chi connectivity index (χ0n) is 9.91. The molecule has 0 saturated heterocycles. The number of aromatic nitrogens is 1. The first-order valence-electron chi connectivity index (χ1n) is 5.31. The van der Waals surface area contributed by atoms with Crippen LogP contribution in [0.5, 0.6) is 0 Å². The molecule has 2 N–H and O–H groups in total. The maximum atomic E-state index is 12.0. The third-order valence-electron chi connectivity index (χ3n) is 2.34. The van der Waals surface area contributed by atoms with E-state index < -0.39 is 16.0 Å². The molecule has 2 aromatic heterocycles. The van der Waals surface area contributed by atoms with Crippen LogP contribution in [0.3, 0.4) is 0 Å². The van der Waals surface area contributed by atoms with Crippen LogP contribution in [0.4, 0.5) is 0 Å². The van der Waals surface area contributed by atoms with Crippen molar-refractivity contribution in [3.05, 3.63) is 45.5 Å². The second-order valence-electron chi connectivity index (χ2n) is 3.72. The fraction of sp³-hybridized carbons (Fsp3) is 0.0909. The van der Waals surface area contributed by atoms with Gasteiger partial charge in [-0.25, -0.2) is 17.9 Å². The SMILES string of the molecule is O=C(O)c1ccnc(CNS(=O)(=O)c2sccc2Br)c1. The number of rotatable bonds is 5. The average molecular weight is 377 g/mol. The Bertz CT molecular complexity index is 742. The summed E-state index contributed by atoms with van der Waals surface area (Å²) in [5.74, 6) is -1.09. The lowest BCUT2D eigenvalue weighted by Gasteiger charge is -2.05. The quantitative estimate of drug-likeness (QED) is 0.832. The van der Waals surface area contributed by atoms with Crippen molar-refractivity contribution in [2.45, 2.75) is 10.8 Å². The third kappa shape index (κ3) is 3.42. The van der Waals surface area contributed by atoms with Crippen LogP contribution in [-0.2, 0) is 16.6 Å². The van der Waals surface area contributed by atoms with Crippen LogP contribution >= 0.6 is 27.3 Å². The highest BCUT2D eigenvalue weighted by atomic mass is 79.9. The van der Waals surface area contributed by atoms with E-state index in [2.05, 4.69) is 25.6 Å². The number of carboxylic acids is 1. The molecule has 0 atom stereocenters. The molecule has 0 aliphatic rings. The number of carbonyl (C=O) groups is 1. The predicted octanol–water partition coefficient (Wildman–Crippen LogP) is 2.08. The van der Waals surface area contributed by atoms with E-state index in [1.54, 1.807) is 11.4 Å². The molecule has 0 aliphatic carbocycles. The van der Waals surface area contributed by atoms with E-state index in [9.17, 15) is 13.2 Å². The van der Waals surface area contributed by atoms with E-state index >= 15 is 0 Å². The maximum absolute atomic E-state index is 12.0. The maximum Gasteiger partial charge on any atom is 0.335 e. The summed E-state index contributed by atoms with van der Waals surface area (Å²) >= 11 is 4.24. The smallest absolute Gasteiger partial charge is 0.335 e. The van der Waals surface area contributed by atoms with Crippen molar-refractivity contribution < 1.29 is 18.3 Å². The topological polar surface area (TPSA) is 96.4 Å². The standard InChI is InChI=1S/C11H9BrN2O4S2/c12-9-2-4-19-11(9)20(17,18)14-6-8-5-7(10(15)16)1-3-13-8/h1-5,14H,6H2,(H,15,16). The van der Waals surface area contributed by atoms with Crippen molar-refractivity contribution in [3.8, 4) is 0 Å². The molecule has 20 heavy (non-hydrogen) atoms. The molecule has 0 unspecified atom stereocenters. The Kier molecular flexibility index (Phi) is 4.53. The summed E-state index contributed by atoms with van der Waals surface area (Å²) in [6.07, 6.45) is 1.33. The molecule has 2 heterocycles. The molecule has 0 aromatic carbocycles. The number of aromatic carboxylic acids is 1. The first kappa shape index (κ1) is 15.1. The molecule has 0 aliphatic heterocycles. The molecule has 6 nitrogen and oxygen atoms in total. The van der Waals surface area contributed by atoms with Crippen LogP contribution in [0.1, 0.15) is 16.1 Å². The molecular formula is C11H9BrN2O4S2. The van der Waals surface area contributed by atoms with Crippen LogP contribution in [0.25, 0.3) is 0 Å². The van der Waals surface area contributed by atoms with Gasteiger partial charge in [0.1, 0.15) is 4.21 Å². The van der Waals surface area contributed by atoms with Gasteiger partial charge in [0, 0.05) is 10.7 Å². The van der Waals surface area contributed by atoms with E-state index in [1.165, 1.54) is 18.3 Å². The Labute approximate surface area is 127 Å². The van der Waals surface area contributed by atoms with E-state index in [0.29, 0.717) is 10.2 Å². The van der Waals surface area contributed by atoms with Crippen molar-refractivity contribution in [1.82, 2.24) is 9.71 Å². The Morgan fingerprint density at radius 2 is 2.20 bits per heavy atom. The Hall–Kier alpha value is -1.29. The second kappa shape index (κ2) is 6.00. The van der Waals surface area contributed by atoms with Gasteiger partial charge in [0.25, 0.3) is 10.0 Å². The lowest BCUT2D eigenvalue weighted by molar-refractivity contribution is 0.0696. The van der Waals surface area contributed by atoms with E-state index in [1.807, 2.05) is 0 Å². The highest BCUT2D eigenvalue weighted by Crippen LogP contribution is 2.27. The van der Waals surface area contributed by atoms with Gasteiger partial charge in [-0.3, -0.25) is 4.98 Å². The lowest BCUT2D eigenvalue weighted by Crippen LogP contribution is -2.23. The summed E-state index contributed by atoms with van der Waals surface area (Å²) in [5, 5.41) is 10.5. The lowest BCUT2D eigenvalue weighted by atomic mass is 10.2. The molecule has 0 saturated carbocycles. The first-order chi connectivity index (χ1) is 9.40. The summed E-state index contributed by atoms with van der Waals surface area (Å²) < 4.78 is 27.1. The fourth-order valence-corrected chi connectivity index (χ4v) is 4.79. The number of nitrogens with one attached hydrogen (secondary N) is 1. The number of hydrogen-bond donors (Lipinski definition) is 2. The van der Waals surface area contributed by atoms with Crippen LogP contribution in [0, 0.1) is 0 Å². The Morgan fingerprint density at radius 3 is 2.80 bits per heavy atom. The Morgan fingerprint density at radius 1 is 1.45 bits per heavy atom. The molecule has 0 amide bonds. The molecule has 0 fully saturated rings. The van der Waals surface area contributed by atoms with E-state index in [0.717, 1.165) is 11.3 Å². The highest BCUT2D eigenvalue weighted by molar-refractivity contribution is 9.10. The van der Waals surface area contributed by atoms with Gasteiger partial charge in [-0.2, -0.15) is 0 Å². The van der Waals surface area contributed by atoms with Gasteiger partial charge >= 0.3 is 5.97 Å². The molecule has 0 spiro atoms. The molecule has 0 radical (unpaired) electrons. The van der Waals surface area contributed by atoms with Crippen molar-refractivity contribution in [2.75, 3.05) is 0 Å². The summed E-state index contributed by atoms with van der Waals surface area (Å²) in [7, 11) is -3.64. The van der Waals surface area contributed by atoms with Crippen molar-refractivity contribution in [2.24, 2.45) is 0 Å². The summed E-state index contributed by atoms with van der Waals surface area (Å²) in [6, 6.07) is 4.31. The molecule has 2 aromatic rings. The number of halogens is 1. The van der Waals surface area contributed by atoms with Gasteiger partial charge in [-0.15, -0.1) is 11.3 Å². The van der Waals surface area contributed by atoms with Crippen LogP contribution in [0.15, 0.2) is 38.5 Å². The van der Waals surface area contributed by atoms with E-state index in [-0.39, 0.29) is 16.3 Å². The highest BCUT2D eigenvalue weighted by Gasteiger charge is 2.19. The van der Waals surface area contributed by atoms with Crippen LogP contribution < -0.4 is 4.72 Å². The van der Waals surface area contributed by atoms with Crippen LogP contribution in [-0.4, -0.2) is 24.5 Å². The monoisotopic (exact) mass is 376 g/mol. The third-order valence-corrected chi connectivity index (χ3v) is 6.41. The second-order valence-corrected chi connectivity index (χ2v) is 7.45. The van der Waals surface area contributed by atoms with Gasteiger partial charge in [0.05, 0.1) is 17.8 Å². The normalized spacial score (nSPS) is 11.4. The number of thiophene rings is 1. The average Bonchev–Trinajstić information content (AvgIpc) is 2.84. The minimum Gasteiger partial charge on any atom is -0.478 e. The minimum absolute atomic E-state index is 0.0616.